The van der Waals surface area contributed by atoms with Crippen LogP contribution in [0.25, 0.3) is 0 Å². The number of carbonyl (C=O) groups is 1. The van der Waals surface area contributed by atoms with Gasteiger partial charge in [0.1, 0.15) is 11.6 Å². The fraction of sp³-hybridized carbons (Fsp3) is 0.467. The van der Waals surface area contributed by atoms with Crippen LogP contribution < -0.4 is 11.1 Å². The van der Waals surface area contributed by atoms with Crippen LogP contribution in [0.1, 0.15) is 25.8 Å². The summed E-state index contributed by atoms with van der Waals surface area (Å²) in [6.07, 6.45) is 0.716. The van der Waals surface area contributed by atoms with Crippen molar-refractivity contribution < 1.29 is 14.3 Å². The standard InChI is InChI=1S/C15H22N2O3S/c1-15(2,19-3)7-8-20-10-13(18)17-12-6-4-5-11(9-12)14(16)21/h4-6,9H,7-8,10H2,1-3H3,(H2,16,21)(H,17,18). The predicted octanol–water partition coefficient (Wildman–Crippen LogP) is 2.09. The summed E-state index contributed by atoms with van der Waals surface area (Å²) in [5.41, 5.74) is 6.66. The Kier molecular flexibility index (Phi) is 6.74. The molecule has 0 fully saturated rings. The first kappa shape index (κ1) is 17.6. The lowest BCUT2D eigenvalue weighted by Crippen LogP contribution is -2.26. The number of amides is 1. The van der Waals surface area contributed by atoms with Crippen LogP contribution in [-0.2, 0) is 14.3 Å². The van der Waals surface area contributed by atoms with Crippen LogP contribution in [0.5, 0.6) is 0 Å². The van der Waals surface area contributed by atoms with Crippen LogP contribution in [0.2, 0.25) is 0 Å². The second-order valence-corrected chi connectivity index (χ2v) is 5.70. The van der Waals surface area contributed by atoms with E-state index in [0.29, 0.717) is 29.3 Å². The molecule has 0 radical (unpaired) electrons. The monoisotopic (exact) mass is 310 g/mol. The van der Waals surface area contributed by atoms with E-state index in [4.69, 9.17) is 27.4 Å². The number of nitrogens with one attached hydrogen (secondary N) is 1. The number of ether oxygens (including phenoxy) is 2. The lowest BCUT2D eigenvalue weighted by atomic mass is 10.1. The average Bonchev–Trinajstić information content (AvgIpc) is 2.44. The Hall–Kier alpha value is -1.50. The molecule has 0 aliphatic heterocycles. The zero-order valence-electron chi connectivity index (χ0n) is 12.6. The van der Waals surface area contributed by atoms with Crippen LogP contribution in [0.4, 0.5) is 5.69 Å². The molecule has 1 aromatic carbocycles. The van der Waals surface area contributed by atoms with E-state index < -0.39 is 0 Å². The van der Waals surface area contributed by atoms with E-state index in [1.54, 1.807) is 31.4 Å². The van der Waals surface area contributed by atoms with Crippen molar-refractivity contribution >= 4 is 28.8 Å². The molecule has 0 atom stereocenters. The average molecular weight is 310 g/mol. The van der Waals surface area contributed by atoms with Gasteiger partial charge >= 0.3 is 0 Å². The lowest BCUT2D eigenvalue weighted by molar-refractivity contribution is -0.121. The number of carbonyl (C=O) groups excluding carboxylic acids is 1. The third-order valence-corrected chi connectivity index (χ3v) is 3.30. The molecule has 21 heavy (non-hydrogen) atoms. The highest BCUT2D eigenvalue weighted by Crippen LogP contribution is 2.13. The molecule has 0 saturated carbocycles. The molecular formula is C15H22N2O3S. The fourth-order valence-electron chi connectivity index (χ4n) is 1.53. The first-order valence-electron chi connectivity index (χ1n) is 6.67. The number of hydrogen-bond donors (Lipinski definition) is 2. The Morgan fingerprint density at radius 3 is 2.76 bits per heavy atom. The Balaban J connectivity index is 2.37. The summed E-state index contributed by atoms with van der Waals surface area (Å²) in [5.74, 6) is -0.217. The maximum atomic E-state index is 11.8. The first-order valence-corrected chi connectivity index (χ1v) is 7.07. The van der Waals surface area contributed by atoms with E-state index in [-0.39, 0.29) is 18.1 Å². The van der Waals surface area contributed by atoms with Gasteiger partial charge in [-0.3, -0.25) is 4.79 Å². The molecule has 0 saturated heterocycles. The van der Waals surface area contributed by atoms with Crippen molar-refractivity contribution in [3.8, 4) is 0 Å². The van der Waals surface area contributed by atoms with E-state index in [0.717, 1.165) is 0 Å². The van der Waals surface area contributed by atoms with Crippen LogP contribution in [0.3, 0.4) is 0 Å². The summed E-state index contributed by atoms with van der Waals surface area (Å²) in [6.45, 7) is 4.40. The van der Waals surface area contributed by atoms with Crippen LogP contribution in [0.15, 0.2) is 24.3 Å². The largest absolute Gasteiger partial charge is 0.389 e. The Bertz CT molecular complexity index is 503. The molecule has 0 bridgehead atoms. The van der Waals surface area contributed by atoms with Gasteiger partial charge in [0.15, 0.2) is 0 Å². The minimum Gasteiger partial charge on any atom is -0.389 e. The summed E-state index contributed by atoms with van der Waals surface area (Å²) in [6, 6.07) is 7.08. The lowest BCUT2D eigenvalue weighted by Gasteiger charge is -2.22. The van der Waals surface area contributed by atoms with E-state index in [1.165, 1.54) is 0 Å². The number of thiocarbonyl (C=S) groups is 1. The molecule has 0 aliphatic carbocycles. The number of hydrogen-bond acceptors (Lipinski definition) is 4. The minimum atomic E-state index is -0.248. The fourth-order valence-corrected chi connectivity index (χ4v) is 1.66. The van der Waals surface area contributed by atoms with Gasteiger partial charge in [0.05, 0.1) is 5.60 Å². The summed E-state index contributed by atoms with van der Waals surface area (Å²) in [5, 5.41) is 2.74. The van der Waals surface area contributed by atoms with Crippen LogP contribution in [-0.4, -0.2) is 36.8 Å². The molecule has 0 heterocycles. The second kappa shape index (κ2) is 8.07. The molecule has 0 spiro atoms. The van der Waals surface area contributed by atoms with Crippen molar-refractivity contribution in [3.05, 3.63) is 29.8 Å². The van der Waals surface area contributed by atoms with E-state index >= 15 is 0 Å². The van der Waals surface area contributed by atoms with Gasteiger partial charge in [0, 0.05) is 25.0 Å². The van der Waals surface area contributed by atoms with Gasteiger partial charge < -0.3 is 20.5 Å². The molecule has 3 N–H and O–H groups in total. The van der Waals surface area contributed by atoms with Gasteiger partial charge in [0.25, 0.3) is 0 Å². The summed E-state index contributed by atoms with van der Waals surface area (Å²) < 4.78 is 10.6. The second-order valence-electron chi connectivity index (χ2n) is 5.26. The molecule has 1 rings (SSSR count). The molecule has 0 aliphatic rings. The number of benzene rings is 1. The Morgan fingerprint density at radius 1 is 1.43 bits per heavy atom. The van der Waals surface area contributed by atoms with Crippen molar-refractivity contribution in [3.63, 3.8) is 0 Å². The molecule has 0 unspecified atom stereocenters. The van der Waals surface area contributed by atoms with Crippen molar-refractivity contribution in [2.24, 2.45) is 5.73 Å². The Labute approximate surface area is 130 Å². The number of nitrogens with two attached hydrogens (primary N) is 1. The topological polar surface area (TPSA) is 73.6 Å². The molecular weight excluding hydrogens is 288 g/mol. The molecule has 1 aromatic rings. The highest BCUT2D eigenvalue weighted by atomic mass is 32.1. The molecule has 5 nitrogen and oxygen atoms in total. The predicted molar refractivity (Wildman–Crippen MR) is 87.5 cm³/mol. The Morgan fingerprint density at radius 2 is 2.14 bits per heavy atom. The zero-order valence-corrected chi connectivity index (χ0v) is 13.5. The van der Waals surface area contributed by atoms with Crippen molar-refractivity contribution in [2.45, 2.75) is 25.9 Å². The van der Waals surface area contributed by atoms with Crippen molar-refractivity contribution in [1.29, 1.82) is 0 Å². The highest BCUT2D eigenvalue weighted by molar-refractivity contribution is 7.80. The molecule has 116 valence electrons. The van der Waals surface area contributed by atoms with Gasteiger partial charge in [-0.15, -0.1) is 0 Å². The van der Waals surface area contributed by atoms with Crippen molar-refractivity contribution in [1.82, 2.24) is 0 Å². The van der Waals surface area contributed by atoms with Crippen LogP contribution >= 0.6 is 12.2 Å². The maximum Gasteiger partial charge on any atom is 0.250 e. The summed E-state index contributed by atoms with van der Waals surface area (Å²) in [7, 11) is 1.65. The normalized spacial score (nSPS) is 11.2. The quantitative estimate of drug-likeness (QED) is 0.568. The van der Waals surface area contributed by atoms with Gasteiger partial charge in [0.2, 0.25) is 5.91 Å². The SMILES string of the molecule is COC(C)(C)CCOCC(=O)Nc1cccc(C(N)=S)c1. The number of rotatable bonds is 8. The van der Waals surface area contributed by atoms with Crippen molar-refractivity contribution in [2.75, 3.05) is 25.6 Å². The summed E-state index contributed by atoms with van der Waals surface area (Å²) >= 11 is 4.90. The third kappa shape index (κ3) is 6.66. The minimum absolute atomic E-state index is 0.00288. The smallest absolute Gasteiger partial charge is 0.250 e. The van der Waals surface area contributed by atoms with Gasteiger partial charge in [-0.25, -0.2) is 0 Å². The third-order valence-electron chi connectivity index (χ3n) is 3.07. The van der Waals surface area contributed by atoms with Gasteiger partial charge in [-0.2, -0.15) is 0 Å². The zero-order chi connectivity index (χ0) is 15.9. The maximum absolute atomic E-state index is 11.8. The highest BCUT2D eigenvalue weighted by Gasteiger charge is 2.15. The molecule has 1 amide bonds. The van der Waals surface area contributed by atoms with Gasteiger partial charge in [-0.05, 0) is 32.4 Å². The number of anilines is 1. The van der Waals surface area contributed by atoms with E-state index in [2.05, 4.69) is 5.32 Å². The van der Waals surface area contributed by atoms with Gasteiger partial charge in [-0.1, -0.05) is 24.4 Å². The molecule has 6 heteroatoms. The van der Waals surface area contributed by atoms with Crippen LogP contribution in [0, 0.1) is 0 Å². The molecule has 0 aromatic heterocycles. The first-order chi connectivity index (χ1) is 9.84. The van der Waals surface area contributed by atoms with E-state index in [9.17, 15) is 4.79 Å². The summed E-state index contributed by atoms with van der Waals surface area (Å²) in [4.78, 5) is 12.1. The number of methoxy groups -OCH3 is 1. The van der Waals surface area contributed by atoms with E-state index in [1.807, 2.05) is 13.8 Å².